The van der Waals surface area contributed by atoms with Gasteiger partial charge >= 0.3 is 5.97 Å². The molecule has 96 valence electrons. The summed E-state index contributed by atoms with van der Waals surface area (Å²) in [5, 5.41) is 0. The Morgan fingerprint density at radius 2 is 1.94 bits per heavy atom. The Bertz CT molecular complexity index is 474. The van der Waals surface area contributed by atoms with Crippen molar-refractivity contribution in [1.82, 2.24) is 0 Å². The second-order valence-corrected chi connectivity index (χ2v) is 5.26. The molecule has 0 amide bonds. The minimum absolute atomic E-state index is 0.0520. The number of allylic oxidation sites excluding steroid dienone is 1. The summed E-state index contributed by atoms with van der Waals surface area (Å²) in [5.41, 5.74) is 0.881. The third-order valence-corrected chi connectivity index (χ3v) is 3.73. The molecule has 0 spiro atoms. The Morgan fingerprint density at radius 3 is 2.50 bits per heavy atom. The van der Waals surface area contributed by atoms with Crippen LogP contribution in [0.5, 0.6) is 0 Å². The first-order valence-electron chi connectivity index (χ1n) is 5.98. The number of halogens is 1. The average molecular weight is 248 g/mol. The Balaban J connectivity index is 2.07. The normalized spacial score (nSPS) is 25.1. The molecule has 0 saturated heterocycles. The van der Waals surface area contributed by atoms with Gasteiger partial charge in [0.1, 0.15) is 5.82 Å². The summed E-state index contributed by atoms with van der Waals surface area (Å²) in [5.74, 6) is -0.283. The number of methoxy groups -OCH3 is 1. The summed E-state index contributed by atoms with van der Waals surface area (Å²) >= 11 is 0. The SMILES string of the molecule is COC(=O)[C@H]1[C@H](/C=C/c2ccc(F)cc2)C1(C)C. The molecule has 0 N–H and O–H groups in total. The van der Waals surface area contributed by atoms with Crippen LogP contribution < -0.4 is 0 Å². The Hall–Kier alpha value is -1.64. The number of rotatable bonds is 3. The molecule has 1 fully saturated rings. The van der Waals surface area contributed by atoms with Crippen LogP contribution in [0.2, 0.25) is 0 Å². The van der Waals surface area contributed by atoms with E-state index in [1.54, 1.807) is 12.1 Å². The van der Waals surface area contributed by atoms with Crippen molar-refractivity contribution in [3.05, 3.63) is 41.7 Å². The number of esters is 1. The fraction of sp³-hybridized carbons (Fsp3) is 0.400. The van der Waals surface area contributed by atoms with Crippen LogP contribution in [-0.2, 0) is 9.53 Å². The van der Waals surface area contributed by atoms with E-state index in [9.17, 15) is 9.18 Å². The van der Waals surface area contributed by atoms with Crippen LogP contribution in [0.3, 0.4) is 0 Å². The van der Waals surface area contributed by atoms with Gasteiger partial charge in [0, 0.05) is 0 Å². The number of carbonyl (C=O) groups excluding carboxylic acids is 1. The Kier molecular flexibility index (Phi) is 3.24. The highest BCUT2D eigenvalue weighted by Crippen LogP contribution is 2.59. The van der Waals surface area contributed by atoms with Gasteiger partial charge in [0.25, 0.3) is 0 Å². The lowest BCUT2D eigenvalue weighted by atomic mass is 10.1. The lowest BCUT2D eigenvalue weighted by molar-refractivity contribution is -0.143. The second kappa shape index (κ2) is 4.56. The smallest absolute Gasteiger partial charge is 0.309 e. The van der Waals surface area contributed by atoms with Crippen LogP contribution in [0.1, 0.15) is 19.4 Å². The molecule has 0 unspecified atom stereocenters. The number of benzene rings is 1. The minimum Gasteiger partial charge on any atom is -0.469 e. The van der Waals surface area contributed by atoms with Crippen molar-refractivity contribution in [1.29, 1.82) is 0 Å². The fourth-order valence-electron chi connectivity index (χ4n) is 2.40. The number of carbonyl (C=O) groups is 1. The molecule has 3 heteroatoms. The first-order chi connectivity index (χ1) is 8.46. The van der Waals surface area contributed by atoms with E-state index in [0.717, 1.165) is 5.56 Å². The van der Waals surface area contributed by atoms with E-state index in [0.29, 0.717) is 0 Å². The molecular weight excluding hydrogens is 231 g/mol. The predicted octanol–water partition coefficient (Wildman–Crippen LogP) is 3.28. The first-order valence-corrected chi connectivity index (χ1v) is 5.98. The zero-order valence-corrected chi connectivity index (χ0v) is 10.8. The lowest BCUT2D eigenvalue weighted by Crippen LogP contribution is -2.07. The summed E-state index contributed by atoms with van der Waals surface area (Å²) in [6.45, 7) is 4.10. The van der Waals surface area contributed by atoms with E-state index in [2.05, 4.69) is 0 Å². The summed E-state index contributed by atoms with van der Waals surface area (Å²) < 4.78 is 17.5. The maximum atomic E-state index is 12.7. The van der Waals surface area contributed by atoms with Crippen LogP contribution in [-0.4, -0.2) is 13.1 Å². The highest BCUT2D eigenvalue weighted by molar-refractivity contribution is 5.78. The van der Waals surface area contributed by atoms with Gasteiger partial charge in [-0.1, -0.05) is 38.1 Å². The van der Waals surface area contributed by atoms with Crippen molar-refractivity contribution < 1.29 is 13.9 Å². The molecule has 1 saturated carbocycles. The molecule has 2 nitrogen and oxygen atoms in total. The van der Waals surface area contributed by atoms with Crippen molar-refractivity contribution in [3.8, 4) is 0 Å². The second-order valence-electron chi connectivity index (χ2n) is 5.26. The van der Waals surface area contributed by atoms with Crippen LogP contribution in [0, 0.1) is 23.1 Å². The van der Waals surface area contributed by atoms with Crippen molar-refractivity contribution in [3.63, 3.8) is 0 Å². The first kappa shape index (κ1) is 12.8. The maximum Gasteiger partial charge on any atom is 0.309 e. The Morgan fingerprint density at radius 1 is 1.33 bits per heavy atom. The summed E-state index contributed by atoms with van der Waals surface area (Å²) in [4.78, 5) is 11.6. The molecule has 2 atom stereocenters. The van der Waals surface area contributed by atoms with Crippen molar-refractivity contribution >= 4 is 12.0 Å². The molecule has 0 bridgehead atoms. The van der Waals surface area contributed by atoms with Gasteiger partial charge < -0.3 is 4.74 Å². The number of hydrogen-bond donors (Lipinski definition) is 0. The zero-order valence-electron chi connectivity index (χ0n) is 10.8. The van der Waals surface area contributed by atoms with E-state index in [4.69, 9.17) is 4.74 Å². The van der Waals surface area contributed by atoms with Crippen LogP contribution in [0.15, 0.2) is 30.3 Å². The van der Waals surface area contributed by atoms with Gasteiger partial charge in [-0.2, -0.15) is 0 Å². The van der Waals surface area contributed by atoms with E-state index < -0.39 is 0 Å². The molecule has 1 aliphatic carbocycles. The maximum absolute atomic E-state index is 12.7. The van der Waals surface area contributed by atoms with E-state index >= 15 is 0 Å². The zero-order chi connectivity index (χ0) is 13.3. The highest BCUT2D eigenvalue weighted by Gasteiger charge is 2.61. The molecule has 18 heavy (non-hydrogen) atoms. The van der Waals surface area contributed by atoms with Gasteiger partial charge in [-0.25, -0.2) is 4.39 Å². The summed E-state index contributed by atoms with van der Waals surface area (Å²) in [6.07, 6.45) is 3.93. The molecule has 0 heterocycles. The third kappa shape index (κ3) is 2.30. The molecule has 0 radical (unpaired) electrons. The van der Waals surface area contributed by atoms with Crippen molar-refractivity contribution in [2.24, 2.45) is 17.3 Å². The molecule has 0 aliphatic heterocycles. The summed E-state index contributed by atoms with van der Waals surface area (Å²) in [6, 6.07) is 6.29. The van der Waals surface area contributed by atoms with Gasteiger partial charge in [0.15, 0.2) is 0 Å². The van der Waals surface area contributed by atoms with Gasteiger partial charge in [0.2, 0.25) is 0 Å². The van der Waals surface area contributed by atoms with Crippen LogP contribution in [0.4, 0.5) is 4.39 Å². The van der Waals surface area contributed by atoms with Crippen molar-refractivity contribution in [2.45, 2.75) is 13.8 Å². The quantitative estimate of drug-likeness (QED) is 0.767. The molecule has 1 aromatic carbocycles. The van der Waals surface area contributed by atoms with Gasteiger partial charge in [0.05, 0.1) is 13.0 Å². The predicted molar refractivity (Wildman–Crippen MR) is 68.2 cm³/mol. The largest absolute Gasteiger partial charge is 0.469 e. The van der Waals surface area contributed by atoms with Gasteiger partial charge in [-0.3, -0.25) is 4.79 Å². The average Bonchev–Trinajstić information content (AvgIpc) is 2.89. The standard InChI is InChI=1S/C15H17FO2/c1-15(2)12(13(15)14(17)18-3)9-6-10-4-7-11(16)8-5-10/h4-9,12-13H,1-3H3/b9-6+/t12-,13+/m0/s1. The molecule has 2 rings (SSSR count). The lowest BCUT2D eigenvalue weighted by Gasteiger charge is -1.99. The van der Waals surface area contributed by atoms with Crippen LogP contribution >= 0.6 is 0 Å². The molecule has 0 aromatic heterocycles. The molecule has 1 aliphatic rings. The number of ether oxygens (including phenoxy) is 1. The third-order valence-electron chi connectivity index (χ3n) is 3.73. The van der Waals surface area contributed by atoms with E-state index in [1.807, 2.05) is 26.0 Å². The van der Waals surface area contributed by atoms with Crippen LogP contribution in [0.25, 0.3) is 6.08 Å². The Labute approximate surface area is 106 Å². The topological polar surface area (TPSA) is 26.3 Å². The minimum atomic E-state index is -0.244. The van der Waals surface area contributed by atoms with Crippen molar-refractivity contribution in [2.75, 3.05) is 7.11 Å². The van der Waals surface area contributed by atoms with Gasteiger partial charge in [-0.05, 0) is 29.0 Å². The highest BCUT2D eigenvalue weighted by atomic mass is 19.1. The monoisotopic (exact) mass is 248 g/mol. The molecular formula is C15H17FO2. The fourth-order valence-corrected chi connectivity index (χ4v) is 2.40. The van der Waals surface area contributed by atoms with Gasteiger partial charge in [-0.15, -0.1) is 0 Å². The number of hydrogen-bond acceptors (Lipinski definition) is 2. The summed E-state index contributed by atoms with van der Waals surface area (Å²) in [7, 11) is 1.41. The van der Waals surface area contributed by atoms with E-state index in [-0.39, 0.29) is 29.0 Å². The molecule has 1 aromatic rings. The van der Waals surface area contributed by atoms with E-state index in [1.165, 1.54) is 19.2 Å².